The summed E-state index contributed by atoms with van der Waals surface area (Å²) >= 11 is 1.32. The molecule has 5 nitrogen and oxygen atoms in total. The summed E-state index contributed by atoms with van der Waals surface area (Å²) in [5.41, 5.74) is 0. The van der Waals surface area contributed by atoms with Gasteiger partial charge in [0.05, 0.1) is 18.9 Å². The van der Waals surface area contributed by atoms with Gasteiger partial charge in [-0.1, -0.05) is 0 Å². The minimum atomic E-state index is -3.16. The quantitative estimate of drug-likeness (QED) is 0.903. The second-order valence-corrected chi connectivity index (χ2v) is 7.18. The number of aryl methyl sites for hydroxylation is 1. The first-order chi connectivity index (χ1) is 8.41. The fraction of sp³-hybridized carbons (Fsp3) is 0.364. The molecule has 0 spiro atoms. The van der Waals surface area contributed by atoms with Crippen LogP contribution in [-0.4, -0.2) is 33.2 Å². The highest BCUT2D eigenvalue weighted by atomic mass is 32.2. The smallest absolute Gasteiger partial charge is 0.265 e. The Morgan fingerprint density at radius 3 is 2.83 bits per heavy atom. The van der Waals surface area contributed by atoms with Crippen LogP contribution in [-0.2, 0) is 9.84 Å². The van der Waals surface area contributed by atoms with E-state index in [2.05, 4.69) is 5.32 Å². The fourth-order valence-corrected chi connectivity index (χ4v) is 3.82. The molecule has 0 bridgehead atoms. The highest BCUT2D eigenvalue weighted by Crippen LogP contribution is 2.28. The van der Waals surface area contributed by atoms with Crippen LogP contribution in [0.4, 0.5) is 0 Å². The number of hydrogen-bond acceptors (Lipinski definition) is 5. The molecule has 1 aromatic rings. The number of hydrogen-bond donors (Lipinski definition) is 1. The first-order valence-corrected chi connectivity index (χ1v) is 7.81. The molecule has 1 N–H and O–H groups in total. The molecule has 0 saturated carbocycles. The topological polar surface area (TPSA) is 72.5 Å². The maximum atomic E-state index is 12.0. The van der Waals surface area contributed by atoms with Crippen molar-refractivity contribution in [2.24, 2.45) is 0 Å². The molecule has 0 saturated heterocycles. The van der Waals surface area contributed by atoms with Crippen molar-refractivity contribution in [2.75, 3.05) is 12.9 Å². The monoisotopic (exact) mass is 287 g/mol. The number of carbonyl (C=O) groups excluding carboxylic acids is 1. The highest BCUT2D eigenvalue weighted by molar-refractivity contribution is 7.94. The zero-order valence-electron chi connectivity index (χ0n) is 9.97. The molecular formula is C11H13NO4S2. The van der Waals surface area contributed by atoms with Crippen molar-refractivity contribution in [2.45, 2.75) is 13.0 Å². The molecule has 0 aliphatic carbocycles. The summed E-state index contributed by atoms with van der Waals surface area (Å²) in [6, 6.07) is 1.32. The van der Waals surface area contributed by atoms with Gasteiger partial charge >= 0.3 is 0 Å². The van der Waals surface area contributed by atoms with Crippen molar-refractivity contribution in [3.8, 4) is 5.75 Å². The van der Waals surface area contributed by atoms with Gasteiger partial charge in [0, 0.05) is 10.3 Å². The predicted molar refractivity (Wildman–Crippen MR) is 69.8 cm³/mol. The lowest BCUT2D eigenvalue weighted by Gasteiger charge is -2.09. The predicted octanol–water partition coefficient (Wildman–Crippen LogP) is 1.11. The van der Waals surface area contributed by atoms with E-state index in [1.165, 1.54) is 24.5 Å². The zero-order chi connectivity index (χ0) is 13.3. The van der Waals surface area contributed by atoms with Crippen LogP contribution in [0.3, 0.4) is 0 Å². The van der Waals surface area contributed by atoms with Gasteiger partial charge in [0.1, 0.15) is 10.6 Å². The summed E-state index contributed by atoms with van der Waals surface area (Å²) in [4.78, 5) is 13.4. The third-order valence-electron chi connectivity index (χ3n) is 2.49. The number of ether oxygens (including phenoxy) is 1. The summed E-state index contributed by atoms with van der Waals surface area (Å²) in [6.45, 7) is 1.88. The Bertz CT molecular complexity index is 601. The van der Waals surface area contributed by atoms with Gasteiger partial charge in [-0.15, -0.1) is 11.3 Å². The van der Waals surface area contributed by atoms with E-state index in [-0.39, 0.29) is 11.7 Å². The van der Waals surface area contributed by atoms with E-state index in [1.54, 1.807) is 6.07 Å². The van der Waals surface area contributed by atoms with Crippen LogP contribution < -0.4 is 10.1 Å². The van der Waals surface area contributed by atoms with Crippen molar-refractivity contribution in [1.82, 2.24) is 5.32 Å². The van der Waals surface area contributed by atoms with E-state index < -0.39 is 15.9 Å². The van der Waals surface area contributed by atoms with Crippen molar-refractivity contribution >= 4 is 27.1 Å². The standard InChI is InChI=1S/C11H13NO4S2/c1-7-5-9(16-2)10(17-7)11(13)12-8-3-4-18(14,15)6-8/h3-5,8H,6H2,1-2H3,(H,12,13)/t8-/m1/s1. The molecule has 0 aromatic carbocycles. The van der Waals surface area contributed by atoms with Crippen LogP contribution in [0.5, 0.6) is 5.75 Å². The van der Waals surface area contributed by atoms with Crippen LogP contribution in [0.25, 0.3) is 0 Å². The van der Waals surface area contributed by atoms with Crippen molar-refractivity contribution < 1.29 is 17.9 Å². The van der Waals surface area contributed by atoms with Gasteiger partial charge in [-0.3, -0.25) is 4.79 Å². The van der Waals surface area contributed by atoms with E-state index in [9.17, 15) is 13.2 Å². The lowest BCUT2D eigenvalue weighted by Crippen LogP contribution is -2.35. The maximum Gasteiger partial charge on any atom is 0.265 e. The Balaban J connectivity index is 2.11. The van der Waals surface area contributed by atoms with Gasteiger partial charge < -0.3 is 10.1 Å². The van der Waals surface area contributed by atoms with Gasteiger partial charge in [0.2, 0.25) is 0 Å². The Morgan fingerprint density at radius 1 is 1.56 bits per heavy atom. The first kappa shape index (κ1) is 13.1. The maximum absolute atomic E-state index is 12.0. The van der Waals surface area contributed by atoms with Crippen molar-refractivity contribution in [3.63, 3.8) is 0 Å². The third kappa shape index (κ3) is 2.73. The number of thiophene rings is 1. The van der Waals surface area contributed by atoms with Gasteiger partial charge in [0.25, 0.3) is 5.91 Å². The van der Waals surface area contributed by atoms with Gasteiger partial charge in [-0.25, -0.2) is 8.42 Å². The molecule has 2 rings (SSSR count). The molecule has 18 heavy (non-hydrogen) atoms. The van der Waals surface area contributed by atoms with Crippen molar-refractivity contribution in [3.05, 3.63) is 27.3 Å². The van der Waals surface area contributed by atoms with Crippen LogP contribution in [0.15, 0.2) is 17.6 Å². The molecule has 7 heteroatoms. The molecule has 1 aromatic heterocycles. The summed E-state index contributed by atoms with van der Waals surface area (Å²) in [7, 11) is -1.66. The number of methoxy groups -OCH3 is 1. The number of sulfone groups is 1. The Morgan fingerprint density at radius 2 is 2.28 bits per heavy atom. The Hall–Kier alpha value is -1.34. The van der Waals surface area contributed by atoms with Gasteiger partial charge in [-0.2, -0.15) is 0 Å². The van der Waals surface area contributed by atoms with Crippen LogP contribution in [0.2, 0.25) is 0 Å². The number of amides is 1. The molecule has 0 fully saturated rings. The van der Waals surface area contributed by atoms with E-state index in [0.29, 0.717) is 10.6 Å². The summed E-state index contributed by atoms with van der Waals surface area (Å²) in [5, 5.41) is 3.80. The molecule has 1 aliphatic heterocycles. The number of nitrogens with one attached hydrogen (secondary N) is 1. The second kappa shape index (κ2) is 4.74. The van der Waals surface area contributed by atoms with Crippen LogP contribution in [0.1, 0.15) is 14.5 Å². The van der Waals surface area contributed by atoms with Crippen LogP contribution in [0, 0.1) is 6.92 Å². The summed E-state index contributed by atoms with van der Waals surface area (Å²) in [5.74, 6) is 0.127. The van der Waals surface area contributed by atoms with Gasteiger partial charge in [-0.05, 0) is 19.1 Å². The largest absolute Gasteiger partial charge is 0.495 e. The molecule has 1 atom stereocenters. The zero-order valence-corrected chi connectivity index (χ0v) is 11.6. The molecule has 0 unspecified atom stereocenters. The average Bonchev–Trinajstić information content (AvgIpc) is 2.81. The fourth-order valence-electron chi connectivity index (χ4n) is 1.70. The average molecular weight is 287 g/mol. The molecule has 98 valence electrons. The van der Waals surface area contributed by atoms with Gasteiger partial charge in [0.15, 0.2) is 9.84 Å². The lowest BCUT2D eigenvalue weighted by molar-refractivity contribution is 0.0949. The normalized spacial score (nSPS) is 20.9. The van der Waals surface area contributed by atoms with E-state index >= 15 is 0 Å². The van der Waals surface area contributed by atoms with E-state index in [4.69, 9.17) is 4.74 Å². The van der Waals surface area contributed by atoms with Crippen LogP contribution >= 0.6 is 11.3 Å². The van der Waals surface area contributed by atoms with E-state index in [0.717, 1.165) is 10.3 Å². The SMILES string of the molecule is COc1cc(C)sc1C(=O)N[C@@H]1C=CS(=O)(=O)C1. The molecule has 0 radical (unpaired) electrons. The van der Waals surface area contributed by atoms with E-state index in [1.807, 2.05) is 6.92 Å². The number of carbonyl (C=O) groups is 1. The van der Waals surface area contributed by atoms with Crippen molar-refractivity contribution in [1.29, 1.82) is 0 Å². The first-order valence-electron chi connectivity index (χ1n) is 5.27. The second-order valence-electron chi connectivity index (χ2n) is 3.99. The minimum absolute atomic E-state index is 0.0780. The third-order valence-corrected chi connectivity index (χ3v) is 4.92. The lowest BCUT2D eigenvalue weighted by atomic mass is 10.3. The summed E-state index contributed by atoms with van der Waals surface area (Å²) < 4.78 is 27.6. The highest BCUT2D eigenvalue weighted by Gasteiger charge is 2.25. The molecule has 2 heterocycles. The minimum Gasteiger partial charge on any atom is -0.495 e. The Labute approximate surface area is 109 Å². The molecular weight excluding hydrogens is 274 g/mol. The number of rotatable bonds is 3. The summed E-state index contributed by atoms with van der Waals surface area (Å²) in [6.07, 6.45) is 1.49. The molecule has 1 amide bonds. The molecule has 1 aliphatic rings. The Kier molecular flexibility index (Phi) is 3.45.